The van der Waals surface area contributed by atoms with Crippen LogP contribution in [0.15, 0.2) is 148 Å². The second-order valence-corrected chi connectivity index (χ2v) is 20.9. The molecule has 27 heteroatoms. The molecule has 0 fully saturated rings. The van der Waals surface area contributed by atoms with Crippen molar-refractivity contribution in [3.05, 3.63) is 187 Å². The lowest BCUT2D eigenvalue weighted by atomic mass is 9.87. The van der Waals surface area contributed by atoms with E-state index in [1.54, 1.807) is 86.8 Å². The fourth-order valence-corrected chi connectivity index (χ4v) is 10.3. The predicted octanol–water partition coefficient (Wildman–Crippen LogP) is 4.42. The van der Waals surface area contributed by atoms with Gasteiger partial charge in [-0.1, -0.05) is 13.8 Å². The largest absolute Gasteiger partial charge is 0.509 e. The van der Waals surface area contributed by atoms with Crippen molar-refractivity contribution in [3.8, 4) is 11.3 Å². The van der Waals surface area contributed by atoms with Crippen LogP contribution in [-0.2, 0) is 40.5 Å². The molecule has 11 aromatic rings. The maximum atomic E-state index is 13.7. The van der Waals surface area contributed by atoms with Crippen LogP contribution in [0.3, 0.4) is 0 Å². The van der Waals surface area contributed by atoms with Crippen molar-refractivity contribution in [2.45, 2.75) is 33.2 Å². The minimum atomic E-state index is -1.74. The van der Waals surface area contributed by atoms with E-state index in [0.717, 1.165) is 35.5 Å². The molecule has 25 nitrogen and oxygen atoms in total. The van der Waals surface area contributed by atoms with Crippen LogP contribution in [0.1, 0.15) is 46.0 Å². The van der Waals surface area contributed by atoms with Crippen molar-refractivity contribution in [1.82, 2.24) is 66.4 Å². The van der Waals surface area contributed by atoms with Gasteiger partial charge in [0.05, 0.1) is 16.9 Å². The second-order valence-electron chi connectivity index (χ2n) is 20.1. The third kappa shape index (κ3) is 10.7. The Morgan fingerprint density at radius 2 is 1.14 bits per heavy atom. The van der Waals surface area contributed by atoms with Gasteiger partial charge in [-0.15, -0.1) is 0 Å². The van der Waals surface area contributed by atoms with Crippen LogP contribution in [0.25, 0.3) is 28.2 Å². The first-order valence-electron chi connectivity index (χ1n) is 25.2. The van der Waals surface area contributed by atoms with E-state index in [2.05, 4.69) is 85.2 Å². The maximum Gasteiger partial charge on any atom is 0.509 e. The Hall–Kier alpha value is -9.86. The number of pyridine rings is 4. The van der Waals surface area contributed by atoms with Crippen molar-refractivity contribution < 1.29 is 19.6 Å². The molecule has 408 valence electrons. The zero-order chi connectivity index (χ0) is 56.9. The van der Waals surface area contributed by atoms with Gasteiger partial charge >= 0.3 is 7.12 Å². The van der Waals surface area contributed by atoms with Crippen LogP contribution in [0.2, 0.25) is 0 Å². The lowest BCUT2D eigenvalue weighted by Gasteiger charge is -2.30. The lowest BCUT2D eigenvalue weighted by Crippen LogP contribution is -2.41. The number of carbonyl (C=O) groups excluding carboxylic acids is 2. The number of carbonyl (C=O) groups is 2. The van der Waals surface area contributed by atoms with Crippen LogP contribution in [-0.4, -0.2) is 102 Å². The van der Waals surface area contributed by atoms with E-state index in [0.29, 0.717) is 52.3 Å². The highest BCUT2D eigenvalue weighted by Gasteiger charge is 2.38. The summed E-state index contributed by atoms with van der Waals surface area (Å²) in [5.74, 6) is 0.485. The summed E-state index contributed by atoms with van der Waals surface area (Å²) >= 11 is 3.27. The smallest absolute Gasteiger partial charge is 0.422 e. The molecular weight excluding hydrogens is 1100 g/mol. The van der Waals surface area contributed by atoms with Crippen molar-refractivity contribution in [1.29, 1.82) is 0 Å². The molecule has 11 aromatic heterocycles. The topological polar surface area (TPSA) is 288 Å². The van der Waals surface area contributed by atoms with Crippen molar-refractivity contribution in [3.63, 3.8) is 0 Å². The van der Waals surface area contributed by atoms with Gasteiger partial charge in [0.2, 0.25) is 0 Å². The zero-order valence-electron chi connectivity index (χ0n) is 44.1. The highest BCUT2D eigenvalue weighted by atomic mass is 79.9. The van der Waals surface area contributed by atoms with Crippen molar-refractivity contribution in [2.75, 3.05) is 27.4 Å². The van der Waals surface area contributed by atoms with E-state index in [1.165, 1.54) is 38.2 Å². The summed E-state index contributed by atoms with van der Waals surface area (Å²) in [4.78, 5) is 94.5. The van der Waals surface area contributed by atoms with Crippen LogP contribution in [0, 0.1) is 5.41 Å². The number of amides is 1. The number of anilines is 7. The van der Waals surface area contributed by atoms with Gasteiger partial charge in [-0.05, 0) is 70.1 Å². The van der Waals surface area contributed by atoms with Gasteiger partial charge in [-0.25, -0.2) is 34.9 Å². The van der Waals surface area contributed by atoms with E-state index in [-0.39, 0.29) is 62.4 Å². The number of imidazole rings is 3. The van der Waals surface area contributed by atoms with E-state index in [4.69, 9.17) is 0 Å². The van der Waals surface area contributed by atoms with Gasteiger partial charge in [0.15, 0.2) is 23.7 Å². The number of aromatic nitrogens is 14. The summed E-state index contributed by atoms with van der Waals surface area (Å²) in [6.07, 6.45) is 24.7. The van der Waals surface area contributed by atoms with Gasteiger partial charge in [0.1, 0.15) is 33.1 Å². The highest BCUT2D eigenvalue weighted by Crippen LogP contribution is 2.40. The fraction of sp³-hybridized carbons (Fsp3) is 0.185. The first kappa shape index (κ1) is 53.2. The Kier molecular flexibility index (Phi) is 14.1. The molecule has 13 rings (SSSR count). The average molecular weight is 1150 g/mol. The zero-order valence-corrected chi connectivity index (χ0v) is 45.7. The molecule has 1 aliphatic heterocycles. The van der Waals surface area contributed by atoms with E-state index in [1.807, 2.05) is 68.3 Å². The minimum absolute atomic E-state index is 0.0125. The molecule has 1 aliphatic carbocycles. The molecular formula is C54H50BBrN18O7. The standard InChI is InChI=1S/C30H28N8O3.C12H12BN5O3.C12H10BrN5O/c1-30(2)14-18-12-23-28(40)38(11-10-37(23)24(18)15-30)27-21(17-39)20(4-6-32-27)22-16-35(3)29(41)26(34-22)33-19-5-8-36-9-7-31-25(36)13-19;1-17-7-9(13(20)21)16-11(12(17)19)15-8-2-4-18-5-3-14-10(18)6-8;1-17-7-9(13)16-11(12(17)19)15-8-2-4-18-5-3-14-10(18)6-8/h4-9,12-13,16-17H,10-11,14-15H2,1-3H3,(H,33,34);2-7,20-21H,1H3,(H,15,16);2-7H,1H3,(H,15,16). The van der Waals surface area contributed by atoms with Crippen LogP contribution >= 0.6 is 15.9 Å². The van der Waals surface area contributed by atoms with Gasteiger partial charge in [0.25, 0.3) is 22.6 Å². The molecule has 2 aliphatic rings. The third-order valence-corrected chi connectivity index (χ3v) is 14.1. The minimum Gasteiger partial charge on any atom is -0.422 e. The Bertz CT molecular complexity index is 4460. The average Bonchev–Trinajstić information content (AvgIpc) is 4.46. The molecule has 0 aromatic carbocycles. The van der Waals surface area contributed by atoms with Gasteiger partial charge in [0, 0.05) is 161 Å². The van der Waals surface area contributed by atoms with Gasteiger partial charge < -0.3 is 57.5 Å². The quantitative estimate of drug-likeness (QED) is 0.0936. The first-order valence-corrected chi connectivity index (χ1v) is 26.0. The predicted molar refractivity (Wildman–Crippen MR) is 307 cm³/mol. The molecule has 0 saturated carbocycles. The number of fused-ring (bicyclic) bond motifs is 6. The Morgan fingerprint density at radius 3 is 1.68 bits per heavy atom. The normalized spacial score (nSPS) is 13.3. The number of nitrogens with one attached hydrogen (secondary N) is 3. The summed E-state index contributed by atoms with van der Waals surface area (Å²) in [6, 6.07) is 14.5. The molecule has 0 atom stereocenters. The molecule has 0 saturated heterocycles. The second kappa shape index (κ2) is 21.4. The van der Waals surface area contributed by atoms with Gasteiger partial charge in [-0.3, -0.25) is 28.9 Å². The Balaban J connectivity index is 0.000000144. The van der Waals surface area contributed by atoms with Crippen LogP contribution < -0.4 is 43.1 Å². The number of hydrogen-bond acceptors (Lipinski definition) is 17. The van der Waals surface area contributed by atoms with Crippen molar-refractivity contribution >= 4 is 98.1 Å². The summed E-state index contributed by atoms with van der Waals surface area (Å²) in [6.45, 7) is 5.52. The molecule has 0 bridgehead atoms. The maximum absolute atomic E-state index is 13.7. The Morgan fingerprint density at radius 1 is 0.617 bits per heavy atom. The number of hydrogen-bond donors (Lipinski definition) is 5. The molecule has 5 N–H and O–H groups in total. The molecule has 0 spiro atoms. The summed E-state index contributed by atoms with van der Waals surface area (Å²) in [7, 11) is 3.07. The van der Waals surface area contributed by atoms with E-state index >= 15 is 0 Å². The first-order chi connectivity index (χ1) is 38.9. The number of halogens is 1. The number of aldehydes is 1. The fourth-order valence-electron chi connectivity index (χ4n) is 9.81. The molecule has 12 heterocycles. The number of aryl methyl sites for hydroxylation is 3. The van der Waals surface area contributed by atoms with Crippen LogP contribution in [0.4, 0.5) is 40.3 Å². The number of nitrogens with zero attached hydrogens (tertiary/aromatic N) is 15. The van der Waals surface area contributed by atoms with Gasteiger partial charge in [-0.2, -0.15) is 0 Å². The molecule has 1 amide bonds. The molecule has 81 heavy (non-hydrogen) atoms. The monoisotopic (exact) mass is 1150 g/mol. The highest BCUT2D eigenvalue weighted by molar-refractivity contribution is 9.10. The van der Waals surface area contributed by atoms with Crippen LogP contribution in [0.5, 0.6) is 0 Å². The molecule has 0 radical (unpaired) electrons. The SMILES string of the molecule is Cn1cc(-c2ccnc(N3CCn4c(cc5c4CC(C)(C)C5)C3=O)c2C=O)nc(Nc2ccn3ccnc3c2)c1=O.Cn1cc(B(O)O)nc(Nc2ccn3ccnc3c2)c1=O.Cn1cc(Br)nc(Nc2ccn3ccnc3c2)c1=O. The molecule has 0 unspecified atom stereocenters. The summed E-state index contributed by atoms with van der Waals surface area (Å²) in [5.41, 5.74) is 7.76. The van der Waals surface area contributed by atoms with Crippen molar-refractivity contribution in [2.24, 2.45) is 26.6 Å². The number of rotatable bonds is 10. The lowest BCUT2D eigenvalue weighted by molar-refractivity contribution is 0.0963. The summed E-state index contributed by atoms with van der Waals surface area (Å²) < 4.78 is 12.4. The van der Waals surface area contributed by atoms with E-state index < -0.39 is 7.12 Å². The van der Waals surface area contributed by atoms with E-state index in [9.17, 15) is 34.0 Å². The Labute approximate surface area is 467 Å². The summed E-state index contributed by atoms with van der Waals surface area (Å²) in [5, 5.41) is 27.3. The third-order valence-electron chi connectivity index (χ3n) is 13.7.